The second-order valence-corrected chi connectivity index (χ2v) is 7.57. The lowest BCUT2D eigenvalue weighted by Gasteiger charge is -2.42. The van der Waals surface area contributed by atoms with Gasteiger partial charge in [-0.05, 0) is 29.5 Å². The van der Waals surface area contributed by atoms with E-state index in [9.17, 15) is 4.79 Å². The van der Waals surface area contributed by atoms with Gasteiger partial charge in [-0.15, -0.1) is 11.3 Å². The normalized spacial score (nSPS) is 17.4. The molecule has 0 aromatic carbocycles. The largest absolute Gasteiger partial charge is 0.354 e. The summed E-state index contributed by atoms with van der Waals surface area (Å²) in [6.45, 7) is 3.04. The van der Waals surface area contributed by atoms with Gasteiger partial charge >= 0.3 is 0 Å². The van der Waals surface area contributed by atoms with Crippen molar-refractivity contribution in [1.29, 1.82) is 0 Å². The molecule has 0 atom stereocenters. The lowest BCUT2D eigenvalue weighted by atomic mass is 9.96. The number of amides is 1. The molecule has 1 fully saturated rings. The van der Waals surface area contributed by atoms with Crippen LogP contribution in [0.1, 0.15) is 10.4 Å². The Hall–Kier alpha value is -2.54. The molecular weight excluding hydrogens is 334 g/mol. The number of nitrogens with zero attached hydrogens (tertiary/aromatic N) is 5. The molecule has 7 heteroatoms. The van der Waals surface area contributed by atoms with E-state index in [1.807, 2.05) is 11.0 Å². The van der Waals surface area contributed by atoms with Crippen LogP contribution < -0.4 is 4.90 Å². The molecule has 1 saturated heterocycles. The highest BCUT2D eigenvalue weighted by Gasteiger charge is 2.37. The average molecular weight is 351 g/mol. The molecule has 0 radical (unpaired) electrons. The van der Waals surface area contributed by atoms with Crippen molar-refractivity contribution >= 4 is 34.0 Å². The number of carbonyl (C=O) groups excluding carboxylic acids is 1. The summed E-state index contributed by atoms with van der Waals surface area (Å²) in [4.78, 5) is 31.2. The lowest BCUT2D eigenvalue weighted by Crippen LogP contribution is -2.55. The highest BCUT2D eigenvalue weighted by atomic mass is 32.1. The molecule has 6 nitrogen and oxygen atoms in total. The van der Waals surface area contributed by atoms with Crippen LogP contribution in [0.5, 0.6) is 0 Å². The first kappa shape index (κ1) is 14.8. The van der Waals surface area contributed by atoms with Gasteiger partial charge in [0.1, 0.15) is 12.1 Å². The van der Waals surface area contributed by atoms with Gasteiger partial charge in [0, 0.05) is 42.6 Å². The van der Waals surface area contributed by atoms with Crippen molar-refractivity contribution in [3.8, 4) is 0 Å². The third-order valence-corrected chi connectivity index (χ3v) is 6.09. The molecule has 3 aromatic heterocycles. The lowest BCUT2D eigenvalue weighted by molar-refractivity contribution is -0.137. The number of fused-ring (bicyclic) bond motifs is 2. The quantitative estimate of drug-likeness (QED) is 0.708. The first-order valence-electron chi connectivity index (χ1n) is 8.43. The van der Waals surface area contributed by atoms with E-state index >= 15 is 0 Å². The molecule has 0 spiro atoms. The maximum atomic E-state index is 12.8. The maximum Gasteiger partial charge on any atom is 0.229 e. The summed E-state index contributed by atoms with van der Waals surface area (Å²) >= 11 is 1.80. The minimum atomic E-state index is 0.0621. The fourth-order valence-electron chi connectivity index (χ4n) is 3.65. The van der Waals surface area contributed by atoms with Crippen molar-refractivity contribution in [2.45, 2.75) is 13.0 Å². The molecule has 0 bridgehead atoms. The smallest absolute Gasteiger partial charge is 0.229 e. The monoisotopic (exact) mass is 351 g/mol. The SMILES string of the molecule is O=C(C1CN(c2ncnc3cnccc23)C1)N1CCc2sccc2C1. The molecule has 126 valence electrons. The topological polar surface area (TPSA) is 62.2 Å². The molecule has 1 amide bonds. The van der Waals surface area contributed by atoms with Gasteiger partial charge in [0.2, 0.25) is 5.91 Å². The van der Waals surface area contributed by atoms with Crippen LogP contribution in [0.15, 0.2) is 36.2 Å². The Morgan fingerprint density at radius 3 is 3.08 bits per heavy atom. The van der Waals surface area contributed by atoms with E-state index in [1.54, 1.807) is 30.1 Å². The van der Waals surface area contributed by atoms with Gasteiger partial charge in [-0.25, -0.2) is 9.97 Å². The summed E-state index contributed by atoms with van der Waals surface area (Å²) in [6, 6.07) is 4.08. The van der Waals surface area contributed by atoms with Gasteiger partial charge in [0.05, 0.1) is 17.6 Å². The number of aromatic nitrogens is 3. The highest BCUT2D eigenvalue weighted by Crippen LogP contribution is 2.31. The van der Waals surface area contributed by atoms with E-state index in [4.69, 9.17) is 0 Å². The second-order valence-electron chi connectivity index (χ2n) is 6.57. The second kappa shape index (κ2) is 5.77. The van der Waals surface area contributed by atoms with Gasteiger partial charge < -0.3 is 9.80 Å². The van der Waals surface area contributed by atoms with Crippen molar-refractivity contribution in [3.05, 3.63) is 46.7 Å². The minimum absolute atomic E-state index is 0.0621. The molecule has 2 aliphatic heterocycles. The van der Waals surface area contributed by atoms with E-state index in [2.05, 4.69) is 31.3 Å². The van der Waals surface area contributed by atoms with Crippen LogP contribution >= 0.6 is 11.3 Å². The molecule has 0 N–H and O–H groups in total. The Kier molecular flexibility index (Phi) is 3.41. The van der Waals surface area contributed by atoms with Crippen LogP contribution in [-0.2, 0) is 17.8 Å². The van der Waals surface area contributed by atoms with Gasteiger partial charge in [-0.1, -0.05) is 0 Å². The van der Waals surface area contributed by atoms with Crippen molar-refractivity contribution in [2.75, 3.05) is 24.5 Å². The zero-order valence-electron chi connectivity index (χ0n) is 13.6. The van der Waals surface area contributed by atoms with Crippen molar-refractivity contribution in [3.63, 3.8) is 0 Å². The molecule has 0 saturated carbocycles. The van der Waals surface area contributed by atoms with E-state index in [0.717, 1.165) is 49.3 Å². The molecule has 5 rings (SSSR count). The summed E-state index contributed by atoms with van der Waals surface area (Å²) < 4.78 is 0. The van der Waals surface area contributed by atoms with Crippen LogP contribution in [0.3, 0.4) is 0 Å². The first-order valence-corrected chi connectivity index (χ1v) is 9.31. The van der Waals surface area contributed by atoms with Crippen LogP contribution in [0.2, 0.25) is 0 Å². The zero-order chi connectivity index (χ0) is 16.8. The first-order chi connectivity index (χ1) is 12.3. The Morgan fingerprint density at radius 2 is 2.16 bits per heavy atom. The van der Waals surface area contributed by atoms with Crippen LogP contribution in [0.25, 0.3) is 10.9 Å². The van der Waals surface area contributed by atoms with Crippen LogP contribution in [-0.4, -0.2) is 45.4 Å². The van der Waals surface area contributed by atoms with Crippen molar-refractivity contribution in [2.24, 2.45) is 5.92 Å². The molecule has 5 heterocycles. The van der Waals surface area contributed by atoms with Crippen LogP contribution in [0.4, 0.5) is 5.82 Å². The summed E-state index contributed by atoms with van der Waals surface area (Å²) in [5.74, 6) is 1.23. The van der Waals surface area contributed by atoms with Crippen molar-refractivity contribution in [1.82, 2.24) is 19.9 Å². The third kappa shape index (κ3) is 2.46. The number of rotatable bonds is 2. The predicted molar refractivity (Wildman–Crippen MR) is 96.5 cm³/mol. The molecule has 2 aliphatic rings. The highest BCUT2D eigenvalue weighted by molar-refractivity contribution is 7.10. The van der Waals surface area contributed by atoms with E-state index < -0.39 is 0 Å². The molecule has 0 unspecified atom stereocenters. The standard InChI is InChI=1S/C18H17N5OS/c24-18(22-5-2-16-12(8-22)3-6-25-16)13-9-23(10-13)17-14-1-4-19-7-15(14)20-11-21-17/h1,3-4,6-7,11,13H,2,5,8-10H2. The average Bonchev–Trinajstić information content (AvgIpc) is 3.08. The number of thiophene rings is 1. The Balaban J connectivity index is 1.29. The number of carbonyl (C=O) groups is 1. The minimum Gasteiger partial charge on any atom is -0.354 e. The predicted octanol–water partition coefficient (Wildman–Crippen LogP) is 2.11. The third-order valence-electron chi connectivity index (χ3n) is 5.07. The summed E-state index contributed by atoms with van der Waals surface area (Å²) in [6.07, 6.45) is 6.05. The van der Waals surface area contributed by atoms with Gasteiger partial charge in [-0.3, -0.25) is 9.78 Å². The Labute approximate surface area is 149 Å². The van der Waals surface area contributed by atoms with Gasteiger partial charge in [0.15, 0.2) is 0 Å². The zero-order valence-corrected chi connectivity index (χ0v) is 14.4. The summed E-state index contributed by atoms with van der Waals surface area (Å²) in [5.41, 5.74) is 2.15. The van der Waals surface area contributed by atoms with Gasteiger partial charge in [-0.2, -0.15) is 0 Å². The number of anilines is 1. The van der Waals surface area contributed by atoms with Crippen molar-refractivity contribution < 1.29 is 4.79 Å². The molecule has 25 heavy (non-hydrogen) atoms. The van der Waals surface area contributed by atoms with E-state index in [-0.39, 0.29) is 11.8 Å². The number of hydrogen-bond acceptors (Lipinski definition) is 6. The molecule has 3 aromatic rings. The van der Waals surface area contributed by atoms with Gasteiger partial charge in [0.25, 0.3) is 0 Å². The number of pyridine rings is 1. The summed E-state index contributed by atoms with van der Waals surface area (Å²) in [5, 5.41) is 3.11. The molecule has 0 aliphatic carbocycles. The number of hydrogen-bond donors (Lipinski definition) is 0. The molecular formula is C18H17N5OS. The van der Waals surface area contributed by atoms with E-state index in [1.165, 1.54) is 10.4 Å². The fraction of sp³-hybridized carbons (Fsp3) is 0.333. The maximum absolute atomic E-state index is 12.8. The Bertz CT molecular complexity index is 944. The summed E-state index contributed by atoms with van der Waals surface area (Å²) in [7, 11) is 0. The Morgan fingerprint density at radius 1 is 1.24 bits per heavy atom. The fourth-order valence-corrected chi connectivity index (χ4v) is 4.54. The van der Waals surface area contributed by atoms with Crippen LogP contribution in [0, 0.1) is 5.92 Å². The van der Waals surface area contributed by atoms with E-state index in [0.29, 0.717) is 0 Å².